The summed E-state index contributed by atoms with van der Waals surface area (Å²) in [4.78, 5) is 73.5. The molecule has 10 heterocycles. The Hall–Kier alpha value is -10.5. The number of fused-ring (bicyclic) bond motifs is 40. The average Bonchev–Trinajstić information content (AvgIpc) is 4.59. The van der Waals surface area contributed by atoms with Crippen molar-refractivity contribution in [2.24, 2.45) is 0 Å². The maximum Gasteiger partial charge on any atom is 0.164 e. The van der Waals surface area contributed by atoms with Crippen molar-refractivity contribution in [2.75, 3.05) is 0 Å². The molecule has 0 spiro atoms. The fourth-order valence-corrected chi connectivity index (χ4v) is 11.2. The number of aromatic amines is 4. The second-order valence-corrected chi connectivity index (χ2v) is 19.6. The minimum Gasteiger partial charge on any atom is -0.324 e. The normalized spacial score (nSPS) is 11.7. The molecule has 0 amide bonds. The molecular weight excluding hydrogens is 1100 g/mol. The van der Waals surface area contributed by atoms with Gasteiger partial charge in [0.2, 0.25) is 0 Å². The molecule has 0 fully saturated rings. The van der Waals surface area contributed by atoms with Gasteiger partial charge in [0.05, 0.1) is 0 Å². The van der Waals surface area contributed by atoms with Gasteiger partial charge in [0.1, 0.15) is 45.2 Å². The van der Waals surface area contributed by atoms with Crippen molar-refractivity contribution in [1.82, 2.24) is 79.7 Å². The van der Waals surface area contributed by atoms with E-state index in [0.29, 0.717) is 91.8 Å². The van der Waals surface area contributed by atoms with Crippen LogP contribution in [0.3, 0.4) is 0 Å². The summed E-state index contributed by atoms with van der Waals surface area (Å²) in [5.41, 5.74) is 12.9. The molecule has 0 saturated heterocycles. The van der Waals surface area contributed by atoms with Crippen molar-refractivity contribution in [1.29, 1.82) is 0 Å². The van der Waals surface area contributed by atoms with E-state index in [4.69, 9.17) is 59.8 Å². The minimum atomic E-state index is 0. The number of hydrogen-bond acceptors (Lipinski definition) is 12. The third-order valence-corrected chi connectivity index (χ3v) is 14.9. The van der Waals surface area contributed by atoms with E-state index >= 15 is 0 Å². The summed E-state index contributed by atoms with van der Waals surface area (Å²) in [6.07, 6.45) is 0. The van der Waals surface area contributed by atoms with E-state index in [1.54, 1.807) is 0 Å². The zero-order valence-corrected chi connectivity index (χ0v) is 44.9. The molecule has 4 aliphatic rings. The topological polar surface area (TPSA) is 218 Å². The Bertz CT molecular complexity index is 4400. The van der Waals surface area contributed by atoms with Gasteiger partial charge in [0.25, 0.3) is 0 Å². The van der Waals surface area contributed by atoms with Gasteiger partial charge in [-0.05, 0) is 0 Å². The van der Waals surface area contributed by atoms with Crippen molar-refractivity contribution >= 4 is 88.3 Å². The first-order valence-electron chi connectivity index (χ1n) is 26.0. The van der Waals surface area contributed by atoms with Crippen LogP contribution in [0.25, 0.3) is 179 Å². The zero-order valence-electron chi connectivity index (χ0n) is 42.6. The molecule has 0 unspecified atom stereocenters. The summed E-state index contributed by atoms with van der Waals surface area (Å²) < 4.78 is 0. The van der Waals surface area contributed by atoms with Crippen LogP contribution in [0.2, 0.25) is 0 Å². The molecule has 0 atom stereocenters. The molecule has 8 aromatic carbocycles. The Morgan fingerprint density at radius 2 is 0.293 bits per heavy atom. The quantitative estimate of drug-likeness (QED) is 0.104. The first-order valence-corrected chi connectivity index (χ1v) is 26.0. The fraction of sp³-hybridized carbons (Fsp3) is 0. The van der Waals surface area contributed by atoms with Crippen LogP contribution in [-0.2, 0) is 34.1 Å². The van der Waals surface area contributed by atoms with Gasteiger partial charge in [0, 0.05) is 122 Å². The maximum absolute atomic E-state index is 5.02. The Balaban J connectivity index is 0.000000137. The summed E-state index contributed by atoms with van der Waals surface area (Å²) in [6, 6.07) is 64.5. The molecule has 14 aromatic rings. The van der Waals surface area contributed by atoms with E-state index in [0.717, 1.165) is 87.6 Å². The predicted molar refractivity (Wildman–Crippen MR) is 312 cm³/mol. The van der Waals surface area contributed by atoms with E-state index < -0.39 is 0 Å². The van der Waals surface area contributed by atoms with Crippen LogP contribution in [0, 0.1) is 0 Å². The number of nitrogens with one attached hydrogen (secondary N) is 4. The third kappa shape index (κ3) is 7.73. The third-order valence-electron chi connectivity index (χ3n) is 14.9. The van der Waals surface area contributed by atoms with Crippen molar-refractivity contribution in [3.63, 3.8) is 0 Å². The Morgan fingerprint density at radius 3 is 0.427 bits per heavy atom. The number of H-pyrrole nitrogens is 4. The molecule has 0 aliphatic carbocycles. The van der Waals surface area contributed by atoms with Gasteiger partial charge in [0.15, 0.2) is 46.6 Å². The molecule has 16 nitrogen and oxygen atoms in total. The first-order chi connectivity index (χ1) is 39.6. The van der Waals surface area contributed by atoms with E-state index in [-0.39, 0.29) is 34.1 Å². The van der Waals surface area contributed by atoms with E-state index in [9.17, 15) is 0 Å². The van der Waals surface area contributed by atoms with Crippen molar-refractivity contribution in [2.45, 2.75) is 0 Å². The second-order valence-electron chi connectivity index (χ2n) is 19.6. The summed E-state index contributed by atoms with van der Waals surface area (Å²) in [7, 11) is 0. The van der Waals surface area contributed by atoms with Crippen molar-refractivity contribution < 1.29 is 34.1 Å². The monoisotopic (exact) mass is 1140 g/mol. The maximum atomic E-state index is 5.02. The molecular formula is C64H36FeMnN16. The number of aromatic nitrogens is 16. The fourth-order valence-electron chi connectivity index (χ4n) is 11.2. The Kier molecular flexibility index (Phi) is 11.3. The van der Waals surface area contributed by atoms with E-state index in [2.05, 4.69) is 19.9 Å². The average molecular weight is 1140 g/mol. The number of hydrogen-bond donors (Lipinski definition) is 4. The van der Waals surface area contributed by atoms with Crippen LogP contribution in [0.15, 0.2) is 194 Å². The molecule has 82 heavy (non-hydrogen) atoms. The van der Waals surface area contributed by atoms with Crippen LogP contribution >= 0.6 is 0 Å². The molecule has 4 N–H and O–H groups in total. The minimum absolute atomic E-state index is 0. The van der Waals surface area contributed by atoms with E-state index in [1.807, 2.05) is 194 Å². The largest absolute Gasteiger partial charge is 0.324 e. The van der Waals surface area contributed by atoms with Crippen molar-refractivity contribution in [3.8, 4) is 91.1 Å². The van der Waals surface area contributed by atoms with Gasteiger partial charge >= 0.3 is 0 Å². The molecule has 387 valence electrons. The number of nitrogens with zero attached hydrogens (tertiary/aromatic N) is 12. The summed E-state index contributed by atoms with van der Waals surface area (Å²) in [5, 5.41) is 7.64. The second kappa shape index (κ2) is 19.1. The summed E-state index contributed by atoms with van der Waals surface area (Å²) in [6.45, 7) is 0. The van der Waals surface area contributed by atoms with Gasteiger partial charge in [-0.3, -0.25) is 0 Å². The number of benzene rings is 8. The van der Waals surface area contributed by atoms with Crippen LogP contribution in [0.5, 0.6) is 0 Å². The Labute approximate surface area is 484 Å². The molecule has 16 bridgehead atoms. The number of rotatable bonds is 0. The van der Waals surface area contributed by atoms with Crippen LogP contribution in [0.4, 0.5) is 0 Å². The molecule has 18 rings (SSSR count). The predicted octanol–water partition coefficient (Wildman–Crippen LogP) is 13.7. The smallest absolute Gasteiger partial charge is 0.164 e. The first kappa shape index (κ1) is 48.6. The molecule has 1 radical (unpaired) electrons. The van der Waals surface area contributed by atoms with Gasteiger partial charge < -0.3 is 19.9 Å². The van der Waals surface area contributed by atoms with Crippen LogP contribution < -0.4 is 0 Å². The van der Waals surface area contributed by atoms with Gasteiger partial charge in [-0.2, -0.15) is 0 Å². The van der Waals surface area contributed by atoms with Gasteiger partial charge in [-0.25, -0.2) is 59.8 Å². The van der Waals surface area contributed by atoms with Crippen LogP contribution in [0.1, 0.15) is 0 Å². The standard InChI is InChI=1S/2C32H18N8.Fe.Mn/c2*1-2-10-18-17(9-1)25-33-26(18)38-28-21-13-5-6-14-22(21)30(35-28)40-32-24-16-8-7-15-23(24)31(36-32)39-29-20-12-4-3-11-19(20)27(34-29)37-25;;/h2*1-16H,(H2,33,34,35,36,37,38,39,40);;. The molecule has 4 aliphatic heterocycles. The zero-order chi connectivity index (χ0) is 52.4. The van der Waals surface area contributed by atoms with Gasteiger partial charge in [-0.15, -0.1) is 0 Å². The summed E-state index contributed by atoms with van der Waals surface area (Å²) >= 11 is 0. The Morgan fingerprint density at radius 1 is 0.171 bits per heavy atom. The molecule has 18 heteroatoms. The SMILES string of the molecule is [Fe].[Mn].c1ccc2c(c1)-c1nc-2nc2[nH]c(nc3nc(nc4[nH]c(n1)c1ccccc41)-c1ccccc1-3)c1ccccc21.c1ccc2c(c1)-c1nc-2nc2[nH]c(nc3nc(nc4[nH]c(n1)c1ccccc41)-c1ccccc1-3)c1ccccc21. The van der Waals surface area contributed by atoms with Gasteiger partial charge in [-0.1, -0.05) is 194 Å². The van der Waals surface area contributed by atoms with Crippen LogP contribution in [-0.4, -0.2) is 79.7 Å². The molecule has 0 saturated carbocycles. The molecule has 6 aromatic heterocycles. The summed E-state index contributed by atoms with van der Waals surface area (Å²) in [5.74, 6) is 4.78. The van der Waals surface area contributed by atoms with Crippen molar-refractivity contribution in [3.05, 3.63) is 194 Å². The van der Waals surface area contributed by atoms with E-state index in [1.165, 1.54) is 0 Å².